The second kappa shape index (κ2) is 8.61. The quantitative estimate of drug-likeness (QED) is 0.235. The van der Waals surface area contributed by atoms with Crippen LogP contribution < -0.4 is 0 Å². The second-order valence-corrected chi connectivity index (χ2v) is 11.0. The number of aromatic nitrogens is 2. The largest absolute Gasteiger partial charge is 0.309 e. The number of fused-ring (bicyclic) bond motifs is 6. The van der Waals surface area contributed by atoms with Crippen LogP contribution in [0.5, 0.6) is 0 Å². The molecule has 0 atom stereocenters. The zero-order valence-corrected chi connectivity index (χ0v) is 22.4. The molecule has 2 aromatic heterocycles. The standard InChI is InChI=1S/C36H29N3/c1-4-36(2,3)25-17-18-35-31(21-25)30-13-7-10-16-34(30)39(35)27-20-24(23-37)19-26(22-27)38-32-14-8-5-11-28(32)29-12-6-9-15-33(29)38/h5-22H,4H2,1-3H3. The molecule has 0 N–H and O–H groups in total. The highest BCUT2D eigenvalue weighted by Crippen LogP contribution is 2.38. The molecule has 0 fully saturated rings. The molecule has 7 aromatic rings. The van der Waals surface area contributed by atoms with Crippen LogP contribution in [0.4, 0.5) is 0 Å². The Labute approximate surface area is 228 Å². The van der Waals surface area contributed by atoms with Crippen molar-refractivity contribution in [1.29, 1.82) is 5.26 Å². The van der Waals surface area contributed by atoms with E-state index < -0.39 is 0 Å². The minimum Gasteiger partial charge on any atom is -0.309 e. The summed E-state index contributed by atoms with van der Waals surface area (Å²) in [5.74, 6) is 0. The number of hydrogen-bond acceptors (Lipinski definition) is 1. The lowest BCUT2D eigenvalue weighted by Gasteiger charge is -2.23. The molecule has 0 saturated carbocycles. The van der Waals surface area contributed by atoms with E-state index >= 15 is 0 Å². The van der Waals surface area contributed by atoms with Gasteiger partial charge in [0.1, 0.15) is 0 Å². The summed E-state index contributed by atoms with van der Waals surface area (Å²) in [5.41, 5.74) is 8.60. The van der Waals surface area contributed by atoms with Crippen LogP contribution in [0.1, 0.15) is 38.3 Å². The van der Waals surface area contributed by atoms with Gasteiger partial charge >= 0.3 is 0 Å². The summed E-state index contributed by atoms with van der Waals surface area (Å²) < 4.78 is 4.59. The maximum atomic E-state index is 10.1. The van der Waals surface area contributed by atoms with Crippen molar-refractivity contribution in [2.24, 2.45) is 0 Å². The first kappa shape index (κ1) is 23.3. The summed E-state index contributed by atoms with van der Waals surface area (Å²) in [5, 5.41) is 15.0. The van der Waals surface area contributed by atoms with Crippen LogP contribution in [0, 0.1) is 11.3 Å². The third kappa shape index (κ3) is 3.49. The molecule has 7 rings (SSSR count). The van der Waals surface area contributed by atoms with Crippen molar-refractivity contribution in [2.45, 2.75) is 32.6 Å². The van der Waals surface area contributed by atoms with Crippen molar-refractivity contribution in [3.8, 4) is 17.4 Å². The molecular formula is C36H29N3. The zero-order valence-electron chi connectivity index (χ0n) is 22.4. The molecular weight excluding hydrogens is 474 g/mol. The van der Waals surface area contributed by atoms with E-state index in [1.807, 2.05) is 12.1 Å². The molecule has 0 spiro atoms. The lowest BCUT2D eigenvalue weighted by atomic mass is 9.82. The molecule has 0 bridgehead atoms. The van der Waals surface area contributed by atoms with E-state index in [9.17, 15) is 5.26 Å². The molecule has 0 aliphatic rings. The summed E-state index contributed by atoms with van der Waals surface area (Å²) >= 11 is 0. The monoisotopic (exact) mass is 503 g/mol. The molecule has 0 aliphatic carbocycles. The van der Waals surface area contributed by atoms with Gasteiger partial charge in [-0.3, -0.25) is 0 Å². The van der Waals surface area contributed by atoms with Crippen LogP contribution in [0.2, 0.25) is 0 Å². The highest BCUT2D eigenvalue weighted by Gasteiger charge is 2.21. The van der Waals surface area contributed by atoms with E-state index in [0.717, 1.165) is 39.9 Å². The molecule has 0 radical (unpaired) electrons. The highest BCUT2D eigenvalue weighted by molar-refractivity contribution is 6.10. The van der Waals surface area contributed by atoms with E-state index in [1.165, 1.54) is 27.1 Å². The van der Waals surface area contributed by atoms with Crippen LogP contribution in [0.3, 0.4) is 0 Å². The van der Waals surface area contributed by atoms with Gasteiger partial charge in [0.15, 0.2) is 0 Å². The summed E-state index contributed by atoms with van der Waals surface area (Å²) in [4.78, 5) is 0. The van der Waals surface area contributed by atoms with Gasteiger partial charge in [-0.2, -0.15) is 5.26 Å². The van der Waals surface area contributed by atoms with E-state index in [1.54, 1.807) is 0 Å². The minimum absolute atomic E-state index is 0.0990. The van der Waals surface area contributed by atoms with E-state index in [0.29, 0.717) is 5.56 Å². The molecule has 2 heterocycles. The van der Waals surface area contributed by atoms with Crippen molar-refractivity contribution < 1.29 is 0 Å². The van der Waals surface area contributed by atoms with Crippen molar-refractivity contribution in [3.63, 3.8) is 0 Å². The fraction of sp³-hybridized carbons (Fsp3) is 0.139. The third-order valence-electron chi connectivity index (χ3n) is 8.47. The van der Waals surface area contributed by atoms with Crippen LogP contribution in [-0.4, -0.2) is 9.13 Å². The maximum absolute atomic E-state index is 10.1. The number of rotatable bonds is 4. The molecule has 3 heteroatoms. The first-order valence-electron chi connectivity index (χ1n) is 13.6. The Morgan fingerprint density at radius 3 is 1.54 bits per heavy atom. The zero-order chi connectivity index (χ0) is 26.7. The summed E-state index contributed by atoms with van der Waals surface area (Å²) in [7, 11) is 0. The van der Waals surface area contributed by atoms with E-state index in [2.05, 4.69) is 133 Å². The van der Waals surface area contributed by atoms with E-state index in [-0.39, 0.29) is 5.41 Å². The van der Waals surface area contributed by atoms with Crippen LogP contribution in [-0.2, 0) is 5.41 Å². The molecule has 5 aromatic carbocycles. The van der Waals surface area contributed by atoms with Crippen molar-refractivity contribution in [2.75, 3.05) is 0 Å². The normalized spacial score (nSPS) is 12.1. The average molecular weight is 504 g/mol. The molecule has 0 saturated heterocycles. The summed E-state index contributed by atoms with van der Waals surface area (Å²) in [6.45, 7) is 6.86. The number of nitrogens with zero attached hydrogens (tertiary/aromatic N) is 3. The molecule has 0 aliphatic heterocycles. The number of nitriles is 1. The van der Waals surface area contributed by atoms with Gasteiger partial charge in [-0.25, -0.2) is 0 Å². The van der Waals surface area contributed by atoms with Gasteiger partial charge in [0.05, 0.1) is 33.7 Å². The highest BCUT2D eigenvalue weighted by atomic mass is 15.0. The third-order valence-corrected chi connectivity index (χ3v) is 8.47. The topological polar surface area (TPSA) is 33.6 Å². The second-order valence-electron chi connectivity index (χ2n) is 11.0. The van der Waals surface area contributed by atoms with Crippen LogP contribution in [0.15, 0.2) is 109 Å². The van der Waals surface area contributed by atoms with Crippen LogP contribution in [0.25, 0.3) is 55.0 Å². The first-order chi connectivity index (χ1) is 19.0. The lowest BCUT2D eigenvalue weighted by Crippen LogP contribution is -2.15. The fourth-order valence-electron chi connectivity index (χ4n) is 5.99. The van der Waals surface area contributed by atoms with Gasteiger partial charge < -0.3 is 9.13 Å². The molecule has 39 heavy (non-hydrogen) atoms. The predicted molar refractivity (Wildman–Crippen MR) is 163 cm³/mol. The van der Waals surface area contributed by atoms with Crippen LogP contribution >= 0.6 is 0 Å². The first-order valence-corrected chi connectivity index (χ1v) is 13.6. The van der Waals surface area contributed by atoms with Crippen molar-refractivity contribution >= 4 is 43.6 Å². The number of para-hydroxylation sites is 3. The smallest absolute Gasteiger partial charge is 0.0993 e. The number of benzene rings is 5. The average Bonchev–Trinajstić information content (AvgIpc) is 3.49. The van der Waals surface area contributed by atoms with Crippen molar-refractivity contribution in [1.82, 2.24) is 9.13 Å². The summed E-state index contributed by atoms with van der Waals surface area (Å²) in [6, 6.07) is 41.1. The molecule has 3 nitrogen and oxygen atoms in total. The predicted octanol–water partition coefficient (Wildman–Crippen LogP) is 9.44. The Morgan fingerprint density at radius 1 is 0.590 bits per heavy atom. The van der Waals surface area contributed by atoms with Gasteiger partial charge in [-0.05, 0) is 65.9 Å². The van der Waals surface area contributed by atoms with E-state index in [4.69, 9.17) is 0 Å². The molecule has 0 unspecified atom stereocenters. The Kier molecular flexibility index (Phi) is 5.15. The Bertz CT molecular complexity index is 2040. The Hall–Kier alpha value is -4.81. The lowest BCUT2D eigenvalue weighted by molar-refractivity contribution is 0.507. The van der Waals surface area contributed by atoms with Gasteiger partial charge in [0, 0.05) is 32.9 Å². The van der Waals surface area contributed by atoms with Gasteiger partial charge in [0.25, 0.3) is 0 Å². The Balaban J connectivity index is 1.55. The Morgan fingerprint density at radius 2 is 1.05 bits per heavy atom. The van der Waals surface area contributed by atoms with Gasteiger partial charge in [0.2, 0.25) is 0 Å². The van der Waals surface area contributed by atoms with Gasteiger partial charge in [-0.15, -0.1) is 0 Å². The fourth-order valence-corrected chi connectivity index (χ4v) is 5.99. The maximum Gasteiger partial charge on any atom is 0.0993 e. The number of hydrogen-bond donors (Lipinski definition) is 0. The van der Waals surface area contributed by atoms with Gasteiger partial charge in [-0.1, -0.05) is 81.4 Å². The molecule has 0 amide bonds. The van der Waals surface area contributed by atoms with Crippen molar-refractivity contribution in [3.05, 3.63) is 120 Å². The summed E-state index contributed by atoms with van der Waals surface area (Å²) in [6.07, 6.45) is 1.07. The molecule has 188 valence electrons. The minimum atomic E-state index is 0.0990. The SMILES string of the molecule is CCC(C)(C)c1ccc2c(c1)c1ccccc1n2-c1cc(C#N)cc(-n2c3ccccc3c3ccccc32)c1.